The minimum Gasteiger partial charge on any atom is -0.368 e. The van der Waals surface area contributed by atoms with Gasteiger partial charge in [0.1, 0.15) is 0 Å². The second kappa shape index (κ2) is 1.42. The monoisotopic (exact) mass is 118 g/mol. The Labute approximate surface area is 45.0 Å². The molecule has 0 saturated heterocycles. The summed E-state index contributed by atoms with van der Waals surface area (Å²) in [5, 5.41) is 3.57. The second-order valence-corrected chi connectivity index (χ2v) is 1.44. The number of rotatable bonds is 0. The fraction of sp³-hybridized carbons (Fsp3) is 0. The van der Waals surface area contributed by atoms with Crippen LogP contribution >= 0.6 is 11.6 Å². The Morgan fingerprint density at radius 1 is 1.86 bits per heavy atom. The molecule has 0 unspecified atom stereocenters. The van der Waals surface area contributed by atoms with Crippen molar-refractivity contribution in [1.29, 1.82) is 0 Å². The van der Waals surface area contributed by atoms with Crippen molar-refractivity contribution < 1.29 is 4.52 Å². The first-order valence-electron chi connectivity index (χ1n) is 1.67. The first-order chi connectivity index (χ1) is 3.29. The molecule has 0 aliphatic rings. The summed E-state index contributed by atoms with van der Waals surface area (Å²) in [5.41, 5.74) is 5.06. The summed E-state index contributed by atoms with van der Waals surface area (Å²) < 4.78 is 4.36. The highest BCUT2D eigenvalue weighted by Gasteiger charge is 1.91. The topological polar surface area (TPSA) is 52.0 Å². The van der Waals surface area contributed by atoms with Gasteiger partial charge in [0.25, 0.3) is 0 Å². The molecule has 0 spiro atoms. The maximum atomic E-state index is 5.28. The molecule has 0 fully saturated rings. The van der Waals surface area contributed by atoms with E-state index in [0.29, 0.717) is 0 Å². The Hall–Kier alpha value is -0.700. The normalized spacial score (nSPS) is 9.29. The average molecular weight is 119 g/mol. The molecule has 1 rings (SSSR count). The molecule has 7 heavy (non-hydrogen) atoms. The van der Waals surface area contributed by atoms with Gasteiger partial charge in [0.05, 0.1) is 0 Å². The molecular formula is C3H3ClN2O. The van der Waals surface area contributed by atoms with Gasteiger partial charge in [-0.05, 0) is 0 Å². The van der Waals surface area contributed by atoms with Crippen molar-refractivity contribution >= 4 is 17.5 Å². The lowest BCUT2D eigenvalue weighted by molar-refractivity contribution is 0.437. The summed E-state index contributed by atoms with van der Waals surface area (Å²) in [6.45, 7) is 0. The van der Waals surface area contributed by atoms with E-state index in [1.54, 1.807) is 0 Å². The number of hydrogen-bond donors (Lipinski definition) is 1. The van der Waals surface area contributed by atoms with E-state index in [0.717, 1.165) is 0 Å². The summed E-state index contributed by atoms with van der Waals surface area (Å²) >= 11 is 5.28. The first kappa shape index (κ1) is 4.46. The van der Waals surface area contributed by atoms with Crippen LogP contribution in [0.25, 0.3) is 0 Å². The molecule has 0 aliphatic heterocycles. The van der Waals surface area contributed by atoms with E-state index >= 15 is 0 Å². The van der Waals surface area contributed by atoms with Gasteiger partial charge in [-0.2, -0.15) is 0 Å². The standard InChI is InChI=1S/C3H3ClN2O/c4-2-1-3(5)7-6-2/h1H,5H2. The number of nitrogen functional groups attached to an aromatic ring is 1. The van der Waals surface area contributed by atoms with E-state index in [-0.39, 0.29) is 11.0 Å². The Kier molecular flexibility index (Phi) is 0.906. The quantitative estimate of drug-likeness (QED) is 0.551. The maximum absolute atomic E-state index is 5.28. The number of aromatic nitrogens is 1. The third-order valence-electron chi connectivity index (χ3n) is 0.500. The van der Waals surface area contributed by atoms with Crippen LogP contribution in [0.1, 0.15) is 0 Å². The third-order valence-corrected chi connectivity index (χ3v) is 0.678. The SMILES string of the molecule is Nc1cc(Cl)no1. The number of anilines is 1. The summed E-state index contributed by atoms with van der Waals surface area (Å²) in [4.78, 5) is 0. The Morgan fingerprint density at radius 2 is 2.57 bits per heavy atom. The molecule has 2 N–H and O–H groups in total. The number of nitrogens with two attached hydrogens (primary N) is 1. The van der Waals surface area contributed by atoms with Crippen molar-refractivity contribution in [3.8, 4) is 0 Å². The van der Waals surface area contributed by atoms with E-state index in [9.17, 15) is 0 Å². The highest BCUT2D eigenvalue weighted by atomic mass is 35.5. The molecule has 0 saturated carbocycles. The molecule has 1 aromatic rings. The van der Waals surface area contributed by atoms with Crippen LogP contribution < -0.4 is 5.73 Å². The number of halogens is 1. The molecule has 38 valence electrons. The summed E-state index contributed by atoms with van der Waals surface area (Å²) in [7, 11) is 0. The molecule has 0 aliphatic carbocycles. The molecule has 0 bridgehead atoms. The van der Waals surface area contributed by atoms with Crippen LogP contribution in [0.2, 0.25) is 5.15 Å². The first-order valence-corrected chi connectivity index (χ1v) is 2.04. The Balaban J connectivity index is 3.04. The van der Waals surface area contributed by atoms with Crippen molar-refractivity contribution in [3.63, 3.8) is 0 Å². The predicted molar refractivity (Wildman–Crippen MR) is 25.9 cm³/mol. The van der Waals surface area contributed by atoms with Gasteiger partial charge in [-0.3, -0.25) is 0 Å². The Morgan fingerprint density at radius 3 is 2.71 bits per heavy atom. The molecule has 0 radical (unpaired) electrons. The van der Waals surface area contributed by atoms with Crippen molar-refractivity contribution in [1.82, 2.24) is 5.16 Å². The zero-order valence-corrected chi connectivity index (χ0v) is 4.14. The maximum Gasteiger partial charge on any atom is 0.223 e. The highest BCUT2D eigenvalue weighted by Crippen LogP contribution is 2.08. The molecule has 0 atom stereocenters. The van der Waals surface area contributed by atoms with E-state index in [4.69, 9.17) is 17.3 Å². The molecule has 4 heteroatoms. The van der Waals surface area contributed by atoms with Crippen LogP contribution in [0, 0.1) is 0 Å². The number of nitrogens with zero attached hydrogens (tertiary/aromatic N) is 1. The van der Waals surface area contributed by atoms with Gasteiger partial charge in [-0.25, -0.2) is 0 Å². The zero-order chi connectivity index (χ0) is 5.28. The van der Waals surface area contributed by atoms with Gasteiger partial charge in [-0.15, -0.1) is 0 Å². The van der Waals surface area contributed by atoms with Gasteiger partial charge in [0.2, 0.25) is 5.88 Å². The fourth-order valence-corrected chi connectivity index (χ4v) is 0.408. The predicted octanol–water partition coefficient (Wildman–Crippen LogP) is 0.910. The summed E-state index contributed by atoms with van der Waals surface area (Å²) in [6.07, 6.45) is 0. The molecule has 0 aromatic carbocycles. The minimum absolute atomic E-state index is 0.241. The van der Waals surface area contributed by atoms with E-state index < -0.39 is 0 Å². The van der Waals surface area contributed by atoms with Crippen molar-refractivity contribution in [3.05, 3.63) is 11.2 Å². The van der Waals surface area contributed by atoms with Crippen LogP contribution in [0.5, 0.6) is 0 Å². The summed E-state index contributed by atoms with van der Waals surface area (Å²) in [6, 6.07) is 1.43. The van der Waals surface area contributed by atoms with Gasteiger partial charge < -0.3 is 10.3 Å². The Bertz CT molecular complexity index is 145. The van der Waals surface area contributed by atoms with E-state index in [2.05, 4.69) is 9.68 Å². The molecule has 1 aromatic heterocycles. The van der Waals surface area contributed by atoms with Crippen LogP contribution in [0.15, 0.2) is 10.6 Å². The summed E-state index contributed by atoms with van der Waals surface area (Å²) in [5.74, 6) is 0.241. The molecule has 3 nitrogen and oxygen atoms in total. The van der Waals surface area contributed by atoms with Crippen LogP contribution in [-0.2, 0) is 0 Å². The van der Waals surface area contributed by atoms with Gasteiger partial charge in [0.15, 0.2) is 5.15 Å². The lowest BCUT2D eigenvalue weighted by atomic mass is 10.7. The zero-order valence-electron chi connectivity index (χ0n) is 3.39. The lowest BCUT2D eigenvalue weighted by Crippen LogP contribution is -1.75. The second-order valence-electron chi connectivity index (χ2n) is 1.05. The van der Waals surface area contributed by atoms with Crippen LogP contribution in [-0.4, -0.2) is 5.16 Å². The lowest BCUT2D eigenvalue weighted by Gasteiger charge is -1.67. The average Bonchev–Trinajstić information content (AvgIpc) is 1.87. The molecule has 1 heterocycles. The molecular weight excluding hydrogens is 115 g/mol. The van der Waals surface area contributed by atoms with Gasteiger partial charge in [-0.1, -0.05) is 16.8 Å². The third kappa shape index (κ3) is 0.838. The van der Waals surface area contributed by atoms with Crippen LogP contribution in [0.3, 0.4) is 0 Å². The van der Waals surface area contributed by atoms with Crippen LogP contribution in [0.4, 0.5) is 5.88 Å². The minimum atomic E-state index is 0.241. The van der Waals surface area contributed by atoms with Crippen molar-refractivity contribution in [2.75, 3.05) is 5.73 Å². The fourth-order valence-electron chi connectivity index (χ4n) is 0.266. The highest BCUT2D eigenvalue weighted by molar-refractivity contribution is 6.29. The number of hydrogen-bond acceptors (Lipinski definition) is 3. The van der Waals surface area contributed by atoms with Crippen molar-refractivity contribution in [2.45, 2.75) is 0 Å². The molecule has 0 amide bonds. The van der Waals surface area contributed by atoms with Crippen molar-refractivity contribution in [2.24, 2.45) is 0 Å². The van der Waals surface area contributed by atoms with E-state index in [1.807, 2.05) is 0 Å². The van der Waals surface area contributed by atoms with Gasteiger partial charge in [0, 0.05) is 6.07 Å². The largest absolute Gasteiger partial charge is 0.368 e. The smallest absolute Gasteiger partial charge is 0.223 e. The van der Waals surface area contributed by atoms with Gasteiger partial charge >= 0.3 is 0 Å². The van der Waals surface area contributed by atoms with E-state index in [1.165, 1.54) is 6.07 Å².